The molecule has 6 nitrogen and oxygen atoms in total. The van der Waals surface area contributed by atoms with E-state index < -0.39 is 0 Å². The van der Waals surface area contributed by atoms with Gasteiger partial charge in [-0.3, -0.25) is 0 Å². The van der Waals surface area contributed by atoms with Gasteiger partial charge in [-0.25, -0.2) is 9.78 Å². The Labute approximate surface area is 143 Å². The minimum absolute atomic E-state index is 0.0354. The molecule has 0 unspecified atom stereocenters. The summed E-state index contributed by atoms with van der Waals surface area (Å²) in [4.78, 5) is 16.6. The van der Waals surface area contributed by atoms with E-state index in [1.54, 1.807) is 0 Å². The Bertz CT molecular complexity index is 677. The SMILES string of the molecule is CCC(CC)(CCO)CNC(=O)NCc1cn2c(C)cccc2n1. The third-order valence-corrected chi connectivity index (χ3v) is 4.94. The van der Waals surface area contributed by atoms with Gasteiger partial charge in [0.15, 0.2) is 0 Å². The molecule has 6 heteroatoms. The summed E-state index contributed by atoms with van der Waals surface area (Å²) in [6.45, 7) is 7.31. The highest BCUT2D eigenvalue weighted by Crippen LogP contribution is 2.29. The number of nitrogens with one attached hydrogen (secondary N) is 2. The Hall–Kier alpha value is -2.08. The van der Waals surface area contributed by atoms with E-state index in [2.05, 4.69) is 29.5 Å². The number of amides is 2. The molecule has 24 heavy (non-hydrogen) atoms. The van der Waals surface area contributed by atoms with Crippen molar-refractivity contribution in [3.05, 3.63) is 35.8 Å². The van der Waals surface area contributed by atoms with Crippen LogP contribution in [0.3, 0.4) is 0 Å². The maximum Gasteiger partial charge on any atom is 0.315 e. The zero-order valence-electron chi connectivity index (χ0n) is 14.8. The molecule has 3 N–H and O–H groups in total. The molecule has 0 aliphatic carbocycles. The van der Waals surface area contributed by atoms with Crippen LogP contribution in [0.15, 0.2) is 24.4 Å². The van der Waals surface area contributed by atoms with Crippen molar-refractivity contribution in [1.82, 2.24) is 20.0 Å². The standard InChI is InChI=1S/C18H28N4O2/c1-4-18(5-2,9-10-23)13-20-17(24)19-11-15-12-22-14(3)7-6-8-16(22)21-15/h6-8,12,23H,4-5,9-11,13H2,1-3H3,(H2,19,20,24). The molecule has 0 fully saturated rings. The fourth-order valence-corrected chi connectivity index (χ4v) is 2.96. The summed E-state index contributed by atoms with van der Waals surface area (Å²) >= 11 is 0. The molecule has 0 saturated heterocycles. The molecule has 0 aromatic carbocycles. The number of hydrogen-bond donors (Lipinski definition) is 3. The fourth-order valence-electron chi connectivity index (χ4n) is 2.96. The lowest BCUT2D eigenvalue weighted by Crippen LogP contribution is -2.42. The van der Waals surface area contributed by atoms with E-state index in [1.165, 1.54) is 0 Å². The molecule has 2 aromatic heterocycles. The van der Waals surface area contributed by atoms with Crippen molar-refractivity contribution in [1.29, 1.82) is 0 Å². The Kier molecular flexibility index (Phi) is 6.20. The second-order valence-corrected chi connectivity index (χ2v) is 6.34. The number of aliphatic hydroxyl groups is 1. The maximum absolute atomic E-state index is 12.1. The Morgan fingerprint density at radius 1 is 1.29 bits per heavy atom. The topological polar surface area (TPSA) is 78.7 Å². The number of urea groups is 1. The molecule has 0 aliphatic heterocycles. The average molecular weight is 332 g/mol. The number of fused-ring (bicyclic) bond motifs is 1. The van der Waals surface area contributed by atoms with Gasteiger partial charge in [-0.05, 0) is 43.7 Å². The molecule has 0 aliphatic rings. The van der Waals surface area contributed by atoms with E-state index in [9.17, 15) is 9.90 Å². The number of aryl methyl sites for hydroxylation is 1. The van der Waals surface area contributed by atoms with Gasteiger partial charge in [0.25, 0.3) is 0 Å². The molecule has 132 valence electrons. The van der Waals surface area contributed by atoms with Crippen molar-refractivity contribution in [3.63, 3.8) is 0 Å². The van der Waals surface area contributed by atoms with Gasteiger partial charge >= 0.3 is 6.03 Å². The summed E-state index contributed by atoms with van der Waals surface area (Å²) in [5, 5.41) is 15.0. The molecule has 2 heterocycles. The lowest BCUT2D eigenvalue weighted by Gasteiger charge is -2.31. The molecule has 0 atom stereocenters. The first-order valence-electron chi connectivity index (χ1n) is 8.59. The van der Waals surface area contributed by atoms with E-state index >= 15 is 0 Å². The van der Waals surface area contributed by atoms with Crippen LogP contribution in [-0.4, -0.2) is 33.7 Å². The first kappa shape index (κ1) is 18.3. The molecule has 0 saturated carbocycles. The van der Waals surface area contributed by atoms with E-state index in [4.69, 9.17) is 0 Å². The second-order valence-electron chi connectivity index (χ2n) is 6.34. The van der Waals surface area contributed by atoms with E-state index in [1.807, 2.05) is 35.7 Å². The molecule has 2 aromatic rings. The monoisotopic (exact) mass is 332 g/mol. The molecule has 0 spiro atoms. The van der Waals surface area contributed by atoms with Gasteiger partial charge in [0.05, 0.1) is 12.2 Å². The summed E-state index contributed by atoms with van der Waals surface area (Å²) in [5.41, 5.74) is 2.78. The summed E-state index contributed by atoms with van der Waals surface area (Å²) in [6, 6.07) is 5.74. The van der Waals surface area contributed by atoms with Crippen LogP contribution in [-0.2, 0) is 6.54 Å². The highest BCUT2D eigenvalue weighted by Gasteiger charge is 2.26. The lowest BCUT2D eigenvalue weighted by molar-refractivity contribution is 0.163. The number of carbonyl (C=O) groups is 1. The predicted molar refractivity (Wildman–Crippen MR) is 94.9 cm³/mol. The zero-order valence-corrected chi connectivity index (χ0v) is 14.8. The highest BCUT2D eigenvalue weighted by molar-refractivity contribution is 5.73. The summed E-state index contributed by atoms with van der Waals surface area (Å²) < 4.78 is 2.01. The van der Waals surface area contributed by atoms with Crippen molar-refractivity contribution in [2.45, 2.75) is 46.6 Å². The van der Waals surface area contributed by atoms with Crippen molar-refractivity contribution in [2.24, 2.45) is 5.41 Å². The molecular weight excluding hydrogens is 304 g/mol. The molecular formula is C18H28N4O2. The Balaban J connectivity index is 1.89. The molecule has 0 radical (unpaired) electrons. The maximum atomic E-state index is 12.1. The fraction of sp³-hybridized carbons (Fsp3) is 0.556. The number of aromatic nitrogens is 2. The smallest absolute Gasteiger partial charge is 0.315 e. The third kappa shape index (κ3) is 4.26. The van der Waals surface area contributed by atoms with Crippen molar-refractivity contribution < 1.29 is 9.90 Å². The van der Waals surface area contributed by atoms with Crippen LogP contribution in [0.5, 0.6) is 0 Å². The lowest BCUT2D eigenvalue weighted by atomic mass is 9.79. The van der Waals surface area contributed by atoms with E-state index in [-0.39, 0.29) is 18.1 Å². The highest BCUT2D eigenvalue weighted by atomic mass is 16.3. The molecule has 2 rings (SSSR count). The predicted octanol–water partition coefficient (Wildman–Crippen LogP) is 2.63. The molecule has 0 bridgehead atoms. The number of rotatable bonds is 8. The van der Waals surface area contributed by atoms with Crippen LogP contribution in [0.1, 0.15) is 44.5 Å². The van der Waals surface area contributed by atoms with Crippen LogP contribution in [0.4, 0.5) is 4.79 Å². The van der Waals surface area contributed by atoms with Crippen LogP contribution in [0, 0.1) is 12.3 Å². The van der Waals surface area contributed by atoms with Gasteiger partial charge in [0.1, 0.15) is 5.65 Å². The largest absolute Gasteiger partial charge is 0.396 e. The van der Waals surface area contributed by atoms with Crippen molar-refractivity contribution >= 4 is 11.7 Å². The number of pyridine rings is 1. The molecule has 2 amide bonds. The first-order chi connectivity index (χ1) is 11.5. The Morgan fingerprint density at radius 2 is 2.04 bits per heavy atom. The average Bonchev–Trinajstić information content (AvgIpc) is 3.01. The minimum atomic E-state index is -0.201. The summed E-state index contributed by atoms with van der Waals surface area (Å²) in [5.74, 6) is 0. The quantitative estimate of drug-likeness (QED) is 0.695. The van der Waals surface area contributed by atoms with Gasteiger partial charge in [0.2, 0.25) is 0 Å². The summed E-state index contributed by atoms with van der Waals surface area (Å²) in [6.07, 6.45) is 4.50. The van der Waals surface area contributed by atoms with E-state index in [0.717, 1.165) is 29.9 Å². The second kappa shape index (κ2) is 8.15. The van der Waals surface area contributed by atoms with Gasteiger partial charge in [-0.2, -0.15) is 0 Å². The number of aliphatic hydroxyl groups excluding tert-OH is 1. The first-order valence-corrected chi connectivity index (χ1v) is 8.59. The number of hydrogen-bond acceptors (Lipinski definition) is 3. The Morgan fingerprint density at radius 3 is 2.67 bits per heavy atom. The number of imidazole rings is 1. The third-order valence-electron chi connectivity index (χ3n) is 4.94. The van der Waals surface area contributed by atoms with Crippen LogP contribution in [0.2, 0.25) is 0 Å². The van der Waals surface area contributed by atoms with E-state index in [0.29, 0.717) is 19.5 Å². The normalized spacial score (nSPS) is 11.7. The number of nitrogens with zero attached hydrogens (tertiary/aromatic N) is 2. The van der Waals surface area contributed by atoms with Crippen molar-refractivity contribution in [2.75, 3.05) is 13.2 Å². The van der Waals surface area contributed by atoms with Crippen LogP contribution in [0.25, 0.3) is 5.65 Å². The van der Waals surface area contributed by atoms with Gasteiger partial charge < -0.3 is 20.1 Å². The summed E-state index contributed by atoms with van der Waals surface area (Å²) in [7, 11) is 0. The van der Waals surface area contributed by atoms with Gasteiger partial charge in [0, 0.05) is 25.0 Å². The van der Waals surface area contributed by atoms with Crippen LogP contribution < -0.4 is 10.6 Å². The van der Waals surface area contributed by atoms with Gasteiger partial charge in [-0.1, -0.05) is 19.9 Å². The van der Waals surface area contributed by atoms with Gasteiger partial charge in [-0.15, -0.1) is 0 Å². The zero-order chi connectivity index (χ0) is 17.6. The number of carbonyl (C=O) groups excluding carboxylic acids is 1. The minimum Gasteiger partial charge on any atom is -0.396 e. The van der Waals surface area contributed by atoms with Crippen LogP contribution >= 0.6 is 0 Å². The van der Waals surface area contributed by atoms with Crippen molar-refractivity contribution in [3.8, 4) is 0 Å².